The fourth-order valence-electron chi connectivity index (χ4n) is 9.27. The van der Waals surface area contributed by atoms with E-state index < -0.39 is 105 Å². The summed E-state index contributed by atoms with van der Waals surface area (Å²) in [5, 5.41) is 11.1. The van der Waals surface area contributed by atoms with Crippen LogP contribution in [-0.4, -0.2) is 120 Å². The fourth-order valence-corrected chi connectivity index (χ4v) is 14.6. The largest absolute Gasteiger partial charge is 0.497 e. The van der Waals surface area contributed by atoms with E-state index in [0.717, 1.165) is 22.5 Å². The van der Waals surface area contributed by atoms with E-state index in [2.05, 4.69) is 181 Å². The lowest BCUT2D eigenvalue weighted by Crippen LogP contribution is -2.54. The second-order valence-corrected chi connectivity index (χ2v) is 48.9. The Labute approximate surface area is 511 Å². The minimum Gasteiger partial charge on any atom is -0.497 e. The van der Waals surface area contributed by atoms with Gasteiger partial charge in [-0.3, -0.25) is 9.59 Å². The third kappa shape index (κ3) is 22.5. The Morgan fingerprint density at radius 1 is 0.627 bits per heavy atom. The van der Waals surface area contributed by atoms with E-state index >= 15 is 9.59 Å². The van der Waals surface area contributed by atoms with E-state index in [1.165, 1.54) is 13.2 Å². The summed E-state index contributed by atoms with van der Waals surface area (Å²) in [6.07, 6.45) is 5.32. The molecule has 0 radical (unpaired) electrons. The smallest absolute Gasteiger partial charge is 0.337 e. The molecule has 0 aliphatic carbocycles. The maximum atomic E-state index is 15.3. The lowest BCUT2D eigenvalue weighted by atomic mass is 9.80. The zero-order valence-corrected chi connectivity index (χ0v) is 62.1. The van der Waals surface area contributed by atoms with Crippen LogP contribution in [0.3, 0.4) is 0 Å². The third-order valence-corrected chi connectivity index (χ3v) is 36.9. The van der Waals surface area contributed by atoms with Crippen molar-refractivity contribution in [2.24, 2.45) is 35.5 Å². The van der Waals surface area contributed by atoms with Crippen molar-refractivity contribution in [2.45, 2.75) is 261 Å². The zero-order valence-electron chi connectivity index (χ0n) is 58.1. The molecule has 0 saturated heterocycles. The number of carbonyl (C=O) groups excluding carboxylic acids is 3. The zero-order chi connectivity index (χ0) is 64.8. The molecule has 16 heteroatoms. The van der Waals surface area contributed by atoms with Gasteiger partial charge in [0.25, 0.3) is 0 Å². The number of Topliss-reactive ketones (excluding diaryl/α,β-unsaturated/α-hetero) is 2. The first-order chi connectivity index (χ1) is 37.6. The summed E-state index contributed by atoms with van der Waals surface area (Å²) in [5.41, 5.74) is 2.70. The predicted molar refractivity (Wildman–Crippen MR) is 355 cm³/mol. The number of hydrogen-bond acceptors (Lipinski definition) is 12. The Morgan fingerprint density at radius 3 is 1.49 bits per heavy atom. The molecule has 0 unspecified atom stereocenters. The van der Waals surface area contributed by atoms with Gasteiger partial charge in [0.1, 0.15) is 30.0 Å². The monoisotopic (exact) mass is 1230 g/mol. The molecule has 83 heavy (non-hydrogen) atoms. The van der Waals surface area contributed by atoms with Crippen LogP contribution in [0.15, 0.2) is 72.4 Å². The summed E-state index contributed by atoms with van der Waals surface area (Å²) in [5.74, 6) is -3.10. The Balaban J connectivity index is 4.28. The molecule has 12 nitrogen and oxygen atoms in total. The van der Waals surface area contributed by atoms with Crippen LogP contribution in [0.1, 0.15) is 150 Å². The van der Waals surface area contributed by atoms with E-state index in [1.807, 2.05) is 58.0 Å². The summed E-state index contributed by atoms with van der Waals surface area (Å²) < 4.78 is 53.3. The van der Waals surface area contributed by atoms with Gasteiger partial charge < -0.3 is 41.8 Å². The first-order valence-electron chi connectivity index (χ1n) is 30.6. The number of methoxy groups -OCH3 is 2. The van der Waals surface area contributed by atoms with Gasteiger partial charge in [-0.1, -0.05) is 167 Å². The molecule has 1 aromatic carbocycles. The number of benzene rings is 1. The van der Waals surface area contributed by atoms with Crippen molar-refractivity contribution in [1.82, 2.24) is 0 Å². The van der Waals surface area contributed by atoms with E-state index in [0.29, 0.717) is 0 Å². The molecule has 0 aromatic heterocycles. The van der Waals surface area contributed by atoms with Gasteiger partial charge in [0.05, 0.1) is 44.7 Å². The summed E-state index contributed by atoms with van der Waals surface area (Å²) in [6, 6.07) is 7.81. The first kappa shape index (κ1) is 78.4. The summed E-state index contributed by atoms with van der Waals surface area (Å²) >= 11 is 0. The molecule has 478 valence electrons. The number of hydrogen-bond donors (Lipinski definition) is 1. The minimum atomic E-state index is -2.61. The van der Waals surface area contributed by atoms with Crippen LogP contribution >= 0.6 is 0 Å². The second-order valence-electron chi connectivity index (χ2n) is 29.9. The highest BCUT2D eigenvalue weighted by molar-refractivity contribution is 6.75. The van der Waals surface area contributed by atoms with Gasteiger partial charge in [-0.2, -0.15) is 0 Å². The van der Waals surface area contributed by atoms with Gasteiger partial charge in [0.15, 0.2) is 39.4 Å². The average Bonchev–Trinajstić information content (AvgIpc) is 3.58. The normalized spacial score (nSPS) is 18.5. The van der Waals surface area contributed by atoms with Crippen molar-refractivity contribution in [3.8, 4) is 5.75 Å². The number of aliphatic hydroxyl groups excluding tert-OH is 1. The maximum Gasteiger partial charge on any atom is 0.337 e. The summed E-state index contributed by atoms with van der Waals surface area (Å²) in [4.78, 5) is 44.4. The highest BCUT2D eigenvalue weighted by Gasteiger charge is 2.50. The fraction of sp³-hybridized carbons (Fsp3) is 0.746. The number of ether oxygens (including phenoxy) is 4. The molecule has 0 heterocycles. The van der Waals surface area contributed by atoms with Gasteiger partial charge in [-0.25, -0.2) is 4.79 Å². The Kier molecular flexibility index (Phi) is 30.3. The molecule has 1 aromatic rings. The maximum absolute atomic E-state index is 15.3. The van der Waals surface area contributed by atoms with Crippen molar-refractivity contribution < 1.29 is 56.1 Å². The number of rotatable bonds is 34. The van der Waals surface area contributed by atoms with Gasteiger partial charge >= 0.3 is 5.97 Å². The van der Waals surface area contributed by atoms with Crippen molar-refractivity contribution in [1.29, 1.82) is 0 Å². The number of aliphatic hydroxyl groups is 1. The van der Waals surface area contributed by atoms with Crippen LogP contribution in [0, 0.1) is 35.5 Å². The van der Waals surface area contributed by atoms with Crippen molar-refractivity contribution in [3.63, 3.8) is 0 Å². The highest BCUT2D eigenvalue weighted by atomic mass is 28.4. The van der Waals surface area contributed by atoms with Crippen molar-refractivity contribution in [2.75, 3.05) is 27.4 Å². The van der Waals surface area contributed by atoms with Crippen LogP contribution < -0.4 is 4.74 Å². The topological polar surface area (TPSA) is 145 Å². The standard InChI is InChI=1S/C67H122O12Si4/c1-32-34-45(3)40-47(5)59(78-82(28,29)66(16,17)18)54(43-68)60(75-44-52-35-37-53(72-22)38-36-52)49(7)56(76-80(24,25)64(10,11)12)42-55(69)46(4)41-48(6)58(77-81(26,27)65(13,14)15)50(8)57(70)51(9)61(73-23)62(63(71)74-39-33-2)79-83(30,31)67(19,20)21/h32-38,40-41,45-46,49-51,54,56,58-62,68H,2,39,42-44H2,1,3-31H3/b34-32-,47-40+,48-41+/t45-,46-,49+,50-,51+,54+,56-,58-,59+,60-,61-,62+/m0/s1. The van der Waals surface area contributed by atoms with Gasteiger partial charge in [-0.15, -0.1) is 0 Å². The number of carbonyl (C=O) groups is 3. The van der Waals surface area contributed by atoms with Gasteiger partial charge in [0, 0.05) is 43.1 Å². The molecule has 12 atom stereocenters. The van der Waals surface area contributed by atoms with Crippen LogP contribution in [0.5, 0.6) is 5.75 Å². The molecule has 0 aliphatic rings. The molecular formula is C67H122O12Si4. The van der Waals surface area contributed by atoms with Crippen molar-refractivity contribution in [3.05, 3.63) is 77.9 Å². The van der Waals surface area contributed by atoms with E-state index in [1.54, 1.807) is 14.0 Å². The number of allylic oxidation sites excluding steroid dienone is 4. The first-order valence-corrected chi connectivity index (χ1v) is 42.2. The highest BCUT2D eigenvalue weighted by Crippen LogP contribution is 2.45. The van der Waals surface area contributed by atoms with Crippen LogP contribution in [0.4, 0.5) is 0 Å². The molecule has 1 N–H and O–H groups in total. The van der Waals surface area contributed by atoms with E-state index in [9.17, 15) is 9.90 Å². The SMILES string of the molecule is C=CCOC(=O)[C@H](O[Si](C)(C)C(C)(C)C)[C@@H](OC)[C@H](C)C(=O)[C@H](C)[C@@H](O[Si](C)(C)C(C)(C)C)/C(C)=C/[C@H](C)C(=O)C[C@H](O[Si](C)(C)C(C)(C)C)[C@@H](C)[C@H](OCc1ccc(OC)cc1)[C@H](CO)[C@H](O[Si](C)(C)C(C)(C)C)/C(C)=C/[C@@H](C)/C=C\C. The lowest BCUT2D eigenvalue weighted by Gasteiger charge is -2.46. The minimum absolute atomic E-state index is 0.0141. The molecule has 0 saturated carbocycles. The Bertz CT molecular complexity index is 2290. The number of esters is 1. The average molecular weight is 1230 g/mol. The van der Waals surface area contributed by atoms with Crippen LogP contribution in [0.2, 0.25) is 72.5 Å². The second kappa shape index (κ2) is 32.0. The molecule has 0 aliphatic heterocycles. The lowest BCUT2D eigenvalue weighted by molar-refractivity contribution is -0.162. The van der Waals surface area contributed by atoms with Crippen LogP contribution in [-0.2, 0) is 52.9 Å². The van der Waals surface area contributed by atoms with E-state index in [4.69, 9.17) is 36.7 Å². The molecule has 0 spiro atoms. The summed E-state index contributed by atoms with van der Waals surface area (Å²) in [7, 11) is -7.13. The summed E-state index contributed by atoms with van der Waals surface area (Å²) in [6.45, 7) is 63.0. The molecule has 1 rings (SSSR count). The third-order valence-electron chi connectivity index (χ3n) is 19.0. The molecule has 0 fully saturated rings. The molecule has 0 amide bonds. The molecular weight excluding hydrogens is 1110 g/mol. The van der Waals surface area contributed by atoms with E-state index in [-0.39, 0.29) is 63.9 Å². The van der Waals surface area contributed by atoms with Gasteiger partial charge in [-0.05, 0) is 128 Å². The van der Waals surface area contributed by atoms with Crippen LogP contribution in [0.25, 0.3) is 0 Å². The Hall–Kier alpha value is -2.62. The number of ketones is 2. The van der Waals surface area contributed by atoms with Gasteiger partial charge in [0.2, 0.25) is 0 Å². The Morgan fingerprint density at radius 2 is 1.07 bits per heavy atom. The predicted octanol–water partition coefficient (Wildman–Crippen LogP) is 16.7. The quantitative estimate of drug-likeness (QED) is 0.0398. The van der Waals surface area contributed by atoms with Crippen molar-refractivity contribution >= 4 is 50.8 Å². The molecule has 0 bridgehead atoms.